The van der Waals surface area contributed by atoms with E-state index in [-0.39, 0.29) is 186 Å². The minimum atomic E-state index is 0. The van der Waals surface area contributed by atoms with Gasteiger partial charge in [0.15, 0.2) is 34.9 Å². The van der Waals surface area contributed by atoms with E-state index in [1.165, 1.54) is 24.8 Å². The molecule has 0 aliphatic rings. The number of para-hydroxylation sites is 8. The Balaban J connectivity index is 0.000000226. The van der Waals surface area contributed by atoms with Crippen LogP contribution in [0.25, 0.3) is 22.5 Å². The second-order valence-corrected chi connectivity index (χ2v) is 31.1. The average molecular weight is 2840 g/mol. The molecule has 146 heavy (non-hydrogen) atoms. The van der Waals surface area contributed by atoms with Gasteiger partial charge in [-0.05, 0) is 154 Å². The van der Waals surface area contributed by atoms with Crippen molar-refractivity contribution in [3.8, 4) is 80.0 Å². The maximum Gasteiger partial charge on any atom is 0.198 e. The Morgan fingerprint density at radius 2 is 0.466 bits per heavy atom. The molecule has 0 unspecified atom stereocenters. The van der Waals surface area contributed by atoms with Gasteiger partial charge in [-0.25, -0.2) is 59.9 Å². The van der Waals surface area contributed by atoms with E-state index in [1.54, 1.807) is 207 Å². The molecule has 3 heterocycles. The molecule has 750 valence electrons. The van der Waals surface area contributed by atoms with E-state index in [0.29, 0.717) is 92.0 Å². The standard InChI is InChI=1S/C32H26N4O2.C30H22N4O2.C19H22N2O2.C18H14N4O2.C16H16N2O2.5Pt/c1-21-13-15-27(37)25(17-21)19-33-31-32(34-20-26-18-22(2)14-16-28(26)38)36-30(24-11-7-4-8-12-24)29(35-31)23-9-5-3-6-10-23;35-25-17-9-7-15-23(25)27(21-11-3-1-4-12-21)33-29-30(32-20-19-31-29)34-28(22-13-5-2-6-14-22)24-16-8-10-18-26(24)36;22-18-10-4-2-8-16(18)14-20-12-6-1-7-13-21-15-17-9-3-5-11-19(17)23;23-15-7-3-1-5-13(15)11-21-17-18(20-10-9-19-17)22-12-14-6-2-4-8-16(14)24;19-15-7-3-1-5-13(15)11-17-9-10-18-12-14-6-2-4-8-16(14)20;;;;;/h3-20,37-38H,1-2H3;1-20,35-36H;2-5,8-11,14-15,22-23H,1,6-7,12-13H2;1-12,23-24H;1-8,11-12,19-20H,9-10H2;;;;;. The summed E-state index contributed by atoms with van der Waals surface area (Å²) in [7, 11) is 0. The van der Waals surface area contributed by atoms with E-state index < -0.39 is 0 Å². The predicted molar refractivity (Wildman–Crippen MR) is 564 cm³/mol. The van der Waals surface area contributed by atoms with Gasteiger partial charge >= 0.3 is 0 Å². The van der Waals surface area contributed by atoms with E-state index in [0.717, 1.165) is 76.9 Å². The number of hydrogen-bond donors (Lipinski definition) is 10. The van der Waals surface area contributed by atoms with Crippen LogP contribution in [0.5, 0.6) is 57.5 Å². The topological polar surface area (TPSA) is 403 Å². The van der Waals surface area contributed by atoms with Gasteiger partial charge in [0.05, 0.1) is 35.9 Å². The van der Waals surface area contributed by atoms with Gasteiger partial charge in [0.1, 0.15) is 57.5 Å². The third-order valence-electron chi connectivity index (χ3n) is 20.8. The summed E-state index contributed by atoms with van der Waals surface area (Å²) in [6.45, 7) is 6.44. The first-order chi connectivity index (χ1) is 69.0. The molecule has 0 atom stereocenters. The molecule has 0 aliphatic carbocycles. The van der Waals surface area contributed by atoms with Crippen molar-refractivity contribution < 1.29 is 156 Å². The molecule has 0 aliphatic heterocycles. The number of aryl methyl sites for hydroxylation is 2. The zero-order valence-corrected chi connectivity index (χ0v) is 89.9. The van der Waals surface area contributed by atoms with E-state index in [2.05, 4.69) is 59.9 Å². The number of aromatic hydroxyl groups is 10. The second kappa shape index (κ2) is 62.1. The fourth-order valence-corrected chi connectivity index (χ4v) is 13.5. The molecule has 14 aromatic carbocycles. The number of benzene rings is 14. The number of unbranched alkanes of at least 4 members (excludes halogenated alkanes) is 2. The SMILES string of the molecule is Cc1ccc(O)c(C=Nc2nc(-c3ccccc3)c(-c3ccccc3)nc2N=Cc2cc(C)ccc2O)c1.Oc1ccccc1C(=Nc1nccnc1N=C(c1ccccc1)c1ccccc1O)c1ccccc1.Oc1ccccc1C=NCCCCCN=Cc1ccccc1O.Oc1ccccc1C=NCCN=Cc1ccccc1O.Oc1ccccc1C=Nc1nccnc1N=Cc1ccccc1O.[Pt].[Pt].[Pt].[Pt].[Pt]. The Morgan fingerprint density at radius 3 is 0.767 bits per heavy atom. The third-order valence-corrected chi connectivity index (χ3v) is 20.8. The van der Waals surface area contributed by atoms with Crippen molar-refractivity contribution >= 4 is 96.0 Å². The number of rotatable bonds is 29. The monoisotopic (exact) mass is 2840 g/mol. The maximum atomic E-state index is 10.6. The van der Waals surface area contributed by atoms with Crippen LogP contribution in [0.3, 0.4) is 0 Å². The van der Waals surface area contributed by atoms with Gasteiger partial charge in [-0.2, -0.15) is 0 Å². The molecule has 31 heteroatoms. The summed E-state index contributed by atoms with van der Waals surface area (Å²) in [6, 6.07) is 106. The predicted octanol–water partition coefficient (Wildman–Crippen LogP) is 23.4. The first-order valence-corrected chi connectivity index (χ1v) is 44.9. The van der Waals surface area contributed by atoms with Gasteiger partial charge in [0.25, 0.3) is 0 Å². The zero-order valence-electron chi connectivity index (χ0n) is 78.6. The molecule has 10 N–H and O–H groups in total. The summed E-state index contributed by atoms with van der Waals surface area (Å²) in [6.07, 6.45) is 22.0. The Labute approximate surface area is 917 Å². The van der Waals surface area contributed by atoms with Gasteiger partial charge in [0.2, 0.25) is 0 Å². The van der Waals surface area contributed by atoms with Gasteiger partial charge in [0, 0.05) is 271 Å². The van der Waals surface area contributed by atoms with E-state index in [9.17, 15) is 51.1 Å². The largest absolute Gasteiger partial charge is 0.507 e. The van der Waals surface area contributed by atoms with Crippen molar-refractivity contribution in [2.24, 2.45) is 49.9 Å². The average Bonchev–Trinajstić information content (AvgIpc) is 0.783. The second-order valence-electron chi connectivity index (χ2n) is 31.1. The number of aliphatic imine (C=N–C) groups is 10. The fourth-order valence-electron chi connectivity index (χ4n) is 13.5. The van der Waals surface area contributed by atoms with Crippen molar-refractivity contribution in [3.05, 3.63) is 455 Å². The molecule has 0 saturated heterocycles. The van der Waals surface area contributed by atoms with Crippen LogP contribution in [-0.4, -0.2) is 168 Å². The van der Waals surface area contributed by atoms with Gasteiger partial charge in [-0.3, -0.25) is 20.0 Å². The van der Waals surface area contributed by atoms with E-state index >= 15 is 0 Å². The molecule has 0 amide bonds. The molecule has 0 radical (unpaired) electrons. The minimum Gasteiger partial charge on any atom is -0.507 e. The quantitative estimate of drug-likeness (QED) is 0.0154. The molecule has 0 fully saturated rings. The summed E-state index contributed by atoms with van der Waals surface area (Å²) in [4.78, 5) is 71.5. The maximum absolute atomic E-state index is 10.6. The Hall–Kier alpha value is -15.5. The summed E-state index contributed by atoms with van der Waals surface area (Å²) in [5.74, 6) is 3.41. The van der Waals surface area contributed by atoms with Gasteiger partial charge in [-0.15, -0.1) is 0 Å². The van der Waals surface area contributed by atoms with Crippen molar-refractivity contribution in [2.45, 2.75) is 33.1 Å². The zero-order chi connectivity index (χ0) is 98.5. The minimum absolute atomic E-state index is 0. The summed E-state index contributed by atoms with van der Waals surface area (Å²) in [5.41, 5.74) is 14.0. The van der Waals surface area contributed by atoms with Crippen LogP contribution in [0.15, 0.2) is 427 Å². The summed E-state index contributed by atoms with van der Waals surface area (Å²) in [5, 5.41) is 99.6. The van der Waals surface area contributed by atoms with Crippen molar-refractivity contribution in [2.75, 3.05) is 26.2 Å². The number of aromatic nitrogens is 6. The number of nitrogens with zero attached hydrogens (tertiary/aromatic N) is 16. The van der Waals surface area contributed by atoms with Gasteiger partial charge < -0.3 is 51.1 Å². The summed E-state index contributed by atoms with van der Waals surface area (Å²) >= 11 is 0. The van der Waals surface area contributed by atoms with Crippen molar-refractivity contribution in [1.29, 1.82) is 0 Å². The van der Waals surface area contributed by atoms with Crippen molar-refractivity contribution in [1.82, 2.24) is 29.9 Å². The molecule has 17 rings (SSSR count). The number of phenolic OH excluding ortho intramolecular Hbond substituents is 10. The van der Waals surface area contributed by atoms with E-state index in [1.807, 2.05) is 208 Å². The molecule has 26 nitrogen and oxygen atoms in total. The smallest absolute Gasteiger partial charge is 0.198 e. The fraction of sp³-hybridized carbons (Fsp3) is 0.0783. The van der Waals surface area contributed by atoms with Crippen molar-refractivity contribution in [3.63, 3.8) is 0 Å². The number of phenols is 10. The Kier molecular flexibility index (Phi) is 49.2. The van der Waals surface area contributed by atoms with Crippen LogP contribution in [-0.2, 0) is 105 Å². The molecule has 0 bridgehead atoms. The Bertz CT molecular complexity index is 6930. The van der Waals surface area contributed by atoms with Crippen LogP contribution in [0.1, 0.15) is 97.2 Å². The molecular formula is C115H100N16O10Pt5. The summed E-state index contributed by atoms with van der Waals surface area (Å²) < 4.78 is 0. The molecule has 0 saturated carbocycles. The van der Waals surface area contributed by atoms with Crippen LogP contribution < -0.4 is 0 Å². The van der Waals surface area contributed by atoms with Crippen LogP contribution >= 0.6 is 0 Å². The van der Waals surface area contributed by atoms with E-state index in [4.69, 9.17) is 20.0 Å². The normalized spacial score (nSPS) is 11.1. The van der Waals surface area contributed by atoms with Crippen LogP contribution in [0.2, 0.25) is 0 Å². The third kappa shape index (κ3) is 35.8. The van der Waals surface area contributed by atoms with Crippen LogP contribution in [0.4, 0.5) is 34.9 Å². The molecular weight excluding hydrogens is 2740 g/mol. The molecule has 0 spiro atoms. The number of hydrogen-bond acceptors (Lipinski definition) is 26. The first kappa shape index (κ1) is 116. The Morgan fingerprint density at radius 1 is 0.226 bits per heavy atom. The molecule has 17 aromatic rings. The first-order valence-electron chi connectivity index (χ1n) is 44.9. The molecule has 3 aromatic heterocycles. The van der Waals surface area contributed by atoms with Crippen LogP contribution in [0, 0.1) is 13.8 Å². The van der Waals surface area contributed by atoms with Gasteiger partial charge in [-0.1, -0.05) is 242 Å².